The molecule has 1 aromatic carbocycles. The van der Waals surface area contributed by atoms with Crippen molar-refractivity contribution in [2.75, 3.05) is 13.2 Å². The van der Waals surface area contributed by atoms with Gasteiger partial charge in [0.15, 0.2) is 0 Å². The fourth-order valence-corrected chi connectivity index (χ4v) is 13.4. The summed E-state index contributed by atoms with van der Waals surface area (Å²) in [6.07, 6.45) is 27.1. The van der Waals surface area contributed by atoms with E-state index >= 15 is 0 Å². The molecule has 0 amide bonds. The predicted octanol–water partition coefficient (Wildman–Crippen LogP) is 13.6. The van der Waals surface area contributed by atoms with Crippen molar-refractivity contribution in [3.63, 3.8) is 0 Å². The van der Waals surface area contributed by atoms with Gasteiger partial charge in [-0.15, -0.1) is 0 Å². The molecule has 2 aromatic heterocycles. The van der Waals surface area contributed by atoms with Crippen LogP contribution in [0.15, 0.2) is 12.1 Å². The SMILES string of the molecule is CCCCCCCCCCCCOc1c2c[c]([Sn]([CH3])([CH3])[CH3])sc2c(OCCCCCCCCCCCC)c2cc(C)sc12. The van der Waals surface area contributed by atoms with E-state index in [9.17, 15) is 0 Å². The van der Waals surface area contributed by atoms with E-state index in [0.29, 0.717) is 0 Å². The molecule has 5 heteroatoms. The van der Waals surface area contributed by atoms with E-state index in [4.69, 9.17) is 9.47 Å². The Morgan fingerprint density at radius 2 is 0.884 bits per heavy atom. The Balaban J connectivity index is 1.58. The number of benzene rings is 1. The van der Waals surface area contributed by atoms with Crippen molar-refractivity contribution in [3.8, 4) is 11.5 Å². The molecule has 0 radical (unpaired) electrons. The summed E-state index contributed by atoms with van der Waals surface area (Å²) in [6, 6.07) is 4.84. The minimum absolute atomic E-state index is 0.820. The number of ether oxygens (including phenoxy) is 2. The second kappa shape index (κ2) is 20.6. The zero-order valence-electron chi connectivity index (χ0n) is 28.8. The quantitative estimate of drug-likeness (QED) is 0.0637. The van der Waals surface area contributed by atoms with Gasteiger partial charge < -0.3 is 0 Å². The third-order valence-corrected chi connectivity index (χ3v) is 20.3. The first kappa shape index (κ1) is 37.0. The molecular formula is C38H64O2S2Sn. The van der Waals surface area contributed by atoms with E-state index in [1.54, 1.807) is 2.89 Å². The van der Waals surface area contributed by atoms with E-state index in [-0.39, 0.29) is 0 Å². The number of fused-ring (bicyclic) bond motifs is 2. The monoisotopic (exact) mass is 736 g/mol. The molecule has 3 aromatic rings. The number of thiophene rings is 2. The zero-order valence-corrected chi connectivity index (χ0v) is 33.3. The van der Waals surface area contributed by atoms with Gasteiger partial charge in [-0.05, 0) is 0 Å². The summed E-state index contributed by atoms with van der Waals surface area (Å²) in [4.78, 5) is 8.93. The van der Waals surface area contributed by atoms with Crippen molar-refractivity contribution in [2.45, 2.75) is 164 Å². The Labute approximate surface area is 277 Å². The molecule has 0 aliphatic rings. The second-order valence-corrected chi connectivity index (χ2v) is 31.6. The normalized spacial score (nSPS) is 12.1. The van der Waals surface area contributed by atoms with Crippen molar-refractivity contribution >= 4 is 64.1 Å². The molecule has 0 unspecified atom stereocenters. The number of hydrogen-bond donors (Lipinski definition) is 0. The van der Waals surface area contributed by atoms with E-state index in [0.717, 1.165) is 37.6 Å². The van der Waals surface area contributed by atoms with Crippen molar-refractivity contribution in [2.24, 2.45) is 0 Å². The number of unbranched alkanes of at least 4 members (excludes halogenated alkanes) is 18. The second-order valence-electron chi connectivity index (χ2n) is 13.9. The molecule has 0 N–H and O–H groups in total. The molecule has 244 valence electrons. The van der Waals surface area contributed by atoms with Gasteiger partial charge in [0.2, 0.25) is 0 Å². The van der Waals surface area contributed by atoms with Crippen molar-refractivity contribution in [3.05, 3.63) is 17.0 Å². The standard InChI is InChI=1S/C35H55O2S2.3CH3.Sn/c1-4-6-8-10-12-14-16-18-20-22-25-36-32-30-24-27-38-34(30)33(31-28-29(3)39-35(31)32)37-26-23-21-19-17-15-13-11-9-7-5-2;;;;/h24,28H,4-23,25-26H2,1-3H3;3*1H3;. The summed E-state index contributed by atoms with van der Waals surface area (Å²) in [5.41, 5.74) is 0. The Morgan fingerprint density at radius 1 is 0.512 bits per heavy atom. The van der Waals surface area contributed by atoms with Crippen molar-refractivity contribution < 1.29 is 9.47 Å². The summed E-state index contributed by atoms with van der Waals surface area (Å²) in [7, 11) is 0. The van der Waals surface area contributed by atoms with Crippen LogP contribution in [-0.4, -0.2) is 31.6 Å². The first-order valence-corrected chi connectivity index (χ1v) is 29.7. The summed E-state index contributed by atoms with van der Waals surface area (Å²) in [6.45, 7) is 8.46. The Hall–Kier alpha value is -0.461. The van der Waals surface area contributed by atoms with Gasteiger partial charge in [-0.25, -0.2) is 0 Å². The van der Waals surface area contributed by atoms with E-state index in [1.807, 2.05) is 22.7 Å². The Kier molecular flexibility index (Phi) is 17.7. The van der Waals surface area contributed by atoms with Crippen LogP contribution in [0.3, 0.4) is 0 Å². The number of rotatable bonds is 25. The molecule has 0 aliphatic heterocycles. The molecule has 2 heterocycles. The first-order chi connectivity index (χ1) is 20.9. The van der Waals surface area contributed by atoms with Crippen LogP contribution in [0.25, 0.3) is 20.2 Å². The number of hydrogen-bond acceptors (Lipinski definition) is 4. The van der Waals surface area contributed by atoms with Crippen LogP contribution < -0.4 is 12.4 Å². The fraction of sp³-hybridized carbons (Fsp3) is 0.737. The molecule has 0 atom stereocenters. The van der Waals surface area contributed by atoms with E-state index in [1.165, 1.54) is 141 Å². The van der Waals surface area contributed by atoms with Gasteiger partial charge in [0.05, 0.1) is 0 Å². The van der Waals surface area contributed by atoms with Gasteiger partial charge in [-0.1, -0.05) is 65.2 Å². The van der Waals surface area contributed by atoms with Gasteiger partial charge in [0.25, 0.3) is 0 Å². The molecular weight excluding hydrogens is 671 g/mol. The number of aryl methyl sites for hydroxylation is 1. The minimum atomic E-state index is -2.25. The van der Waals surface area contributed by atoms with Crippen LogP contribution in [0.4, 0.5) is 0 Å². The molecule has 0 spiro atoms. The van der Waals surface area contributed by atoms with Gasteiger partial charge in [0, 0.05) is 0 Å². The average Bonchev–Trinajstić information content (AvgIpc) is 3.59. The van der Waals surface area contributed by atoms with Crippen LogP contribution in [0.2, 0.25) is 14.8 Å². The Bertz CT molecular complexity index is 1090. The molecule has 2 nitrogen and oxygen atoms in total. The van der Waals surface area contributed by atoms with Crippen LogP contribution in [0.5, 0.6) is 11.5 Å². The van der Waals surface area contributed by atoms with Crippen molar-refractivity contribution in [1.82, 2.24) is 0 Å². The van der Waals surface area contributed by atoms with Crippen LogP contribution in [0.1, 0.15) is 147 Å². The van der Waals surface area contributed by atoms with Crippen LogP contribution in [-0.2, 0) is 0 Å². The molecule has 0 bridgehead atoms. The van der Waals surface area contributed by atoms with E-state index in [2.05, 4.69) is 47.7 Å². The molecule has 0 fully saturated rings. The molecule has 43 heavy (non-hydrogen) atoms. The molecule has 0 saturated carbocycles. The zero-order chi connectivity index (χ0) is 30.9. The maximum absolute atomic E-state index is 6.70. The summed E-state index contributed by atoms with van der Waals surface area (Å²) < 4.78 is 17.6. The van der Waals surface area contributed by atoms with E-state index < -0.39 is 18.4 Å². The van der Waals surface area contributed by atoms with Crippen LogP contribution >= 0.6 is 22.7 Å². The van der Waals surface area contributed by atoms with Crippen molar-refractivity contribution in [1.29, 1.82) is 0 Å². The predicted molar refractivity (Wildman–Crippen MR) is 200 cm³/mol. The molecule has 0 aliphatic carbocycles. The summed E-state index contributed by atoms with van der Waals surface area (Å²) in [5.74, 6) is 2.26. The fourth-order valence-electron chi connectivity index (χ4n) is 6.01. The van der Waals surface area contributed by atoms with Gasteiger partial charge >= 0.3 is 214 Å². The summed E-state index contributed by atoms with van der Waals surface area (Å²) >= 11 is 1.64. The third kappa shape index (κ3) is 12.7. The topological polar surface area (TPSA) is 18.5 Å². The Morgan fingerprint density at radius 3 is 1.30 bits per heavy atom. The maximum atomic E-state index is 6.70. The third-order valence-electron chi connectivity index (χ3n) is 8.72. The first-order valence-electron chi connectivity index (χ1n) is 18.1. The van der Waals surface area contributed by atoms with Crippen LogP contribution in [0, 0.1) is 6.92 Å². The molecule has 0 saturated heterocycles. The van der Waals surface area contributed by atoms with Gasteiger partial charge in [-0.2, -0.15) is 0 Å². The summed E-state index contributed by atoms with van der Waals surface area (Å²) in [5, 5.41) is 2.59. The van der Waals surface area contributed by atoms with Gasteiger partial charge in [-0.3, -0.25) is 0 Å². The average molecular weight is 736 g/mol. The molecule has 3 rings (SSSR count). The van der Waals surface area contributed by atoms with Gasteiger partial charge in [0.1, 0.15) is 0 Å².